The van der Waals surface area contributed by atoms with E-state index in [2.05, 4.69) is 41.5 Å². The zero-order valence-electron chi connectivity index (χ0n) is 14.4. The molecule has 4 rings (SSSR count). The van der Waals surface area contributed by atoms with Crippen molar-refractivity contribution >= 4 is 11.8 Å². The van der Waals surface area contributed by atoms with Crippen LogP contribution in [-0.4, -0.2) is 40.8 Å². The summed E-state index contributed by atoms with van der Waals surface area (Å²) >= 11 is 0. The van der Waals surface area contributed by atoms with E-state index >= 15 is 0 Å². The fourth-order valence-corrected chi connectivity index (χ4v) is 3.55. The SMILES string of the molecule is Cc1ccc([C@@H]2CN(C(=O)c3ccc[nH]3)C[C@H]2NC(=O)C2CC2)cc1. The lowest BCUT2D eigenvalue weighted by molar-refractivity contribution is -0.123. The van der Waals surface area contributed by atoms with Crippen LogP contribution in [0.15, 0.2) is 42.6 Å². The number of amides is 2. The molecule has 0 radical (unpaired) electrons. The van der Waals surface area contributed by atoms with Crippen LogP contribution >= 0.6 is 0 Å². The lowest BCUT2D eigenvalue weighted by Gasteiger charge is -2.20. The summed E-state index contributed by atoms with van der Waals surface area (Å²) in [6.45, 7) is 3.23. The molecule has 1 aromatic heterocycles. The smallest absolute Gasteiger partial charge is 0.270 e. The van der Waals surface area contributed by atoms with Gasteiger partial charge >= 0.3 is 0 Å². The molecule has 1 saturated carbocycles. The first kappa shape index (κ1) is 15.9. The highest BCUT2D eigenvalue weighted by atomic mass is 16.2. The number of aryl methyl sites for hydroxylation is 1. The minimum Gasteiger partial charge on any atom is -0.357 e. The molecule has 1 aromatic carbocycles. The van der Waals surface area contributed by atoms with Gasteiger partial charge in [-0.05, 0) is 37.5 Å². The van der Waals surface area contributed by atoms with E-state index in [0.29, 0.717) is 18.8 Å². The first-order valence-electron chi connectivity index (χ1n) is 8.91. The number of nitrogens with zero attached hydrogens (tertiary/aromatic N) is 1. The molecule has 0 unspecified atom stereocenters. The Morgan fingerprint density at radius 1 is 1.12 bits per heavy atom. The van der Waals surface area contributed by atoms with Crippen LogP contribution in [0.5, 0.6) is 0 Å². The summed E-state index contributed by atoms with van der Waals surface area (Å²) in [5.74, 6) is 0.426. The van der Waals surface area contributed by atoms with Crippen LogP contribution in [0, 0.1) is 12.8 Å². The molecule has 5 nitrogen and oxygen atoms in total. The van der Waals surface area contributed by atoms with Gasteiger partial charge in [-0.3, -0.25) is 9.59 Å². The number of hydrogen-bond acceptors (Lipinski definition) is 2. The molecule has 2 heterocycles. The Bertz CT molecular complexity index is 763. The Kier molecular flexibility index (Phi) is 4.07. The zero-order valence-corrected chi connectivity index (χ0v) is 14.4. The van der Waals surface area contributed by atoms with Crippen LogP contribution in [0.3, 0.4) is 0 Å². The molecule has 1 saturated heterocycles. The summed E-state index contributed by atoms with van der Waals surface area (Å²) < 4.78 is 0. The number of benzene rings is 1. The molecule has 0 bridgehead atoms. The topological polar surface area (TPSA) is 65.2 Å². The van der Waals surface area contributed by atoms with Crippen LogP contribution in [0.4, 0.5) is 0 Å². The van der Waals surface area contributed by atoms with Crippen molar-refractivity contribution in [1.29, 1.82) is 0 Å². The highest BCUT2D eigenvalue weighted by molar-refractivity contribution is 5.93. The fraction of sp³-hybridized carbons (Fsp3) is 0.400. The van der Waals surface area contributed by atoms with Gasteiger partial charge in [-0.1, -0.05) is 29.8 Å². The van der Waals surface area contributed by atoms with Crippen molar-refractivity contribution in [1.82, 2.24) is 15.2 Å². The molecular weight excluding hydrogens is 314 g/mol. The quantitative estimate of drug-likeness (QED) is 0.900. The number of likely N-dealkylation sites (tertiary alicyclic amines) is 1. The van der Waals surface area contributed by atoms with Crippen molar-refractivity contribution in [3.8, 4) is 0 Å². The van der Waals surface area contributed by atoms with Crippen LogP contribution in [0.1, 0.15) is 40.4 Å². The average Bonchev–Trinajstić information content (AvgIpc) is 3.16. The number of rotatable bonds is 4. The van der Waals surface area contributed by atoms with E-state index in [-0.39, 0.29) is 29.7 Å². The number of hydrogen-bond donors (Lipinski definition) is 2. The first-order chi connectivity index (χ1) is 12.1. The summed E-state index contributed by atoms with van der Waals surface area (Å²) in [5, 5.41) is 3.19. The Morgan fingerprint density at radius 3 is 2.52 bits per heavy atom. The molecule has 2 amide bonds. The van der Waals surface area contributed by atoms with Crippen LogP contribution in [-0.2, 0) is 4.79 Å². The largest absolute Gasteiger partial charge is 0.357 e. The van der Waals surface area contributed by atoms with Crippen molar-refractivity contribution in [3.63, 3.8) is 0 Å². The second-order valence-electron chi connectivity index (χ2n) is 7.20. The molecule has 0 spiro atoms. The van der Waals surface area contributed by atoms with Gasteiger partial charge in [0.15, 0.2) is 0 Å². The van der Waals surface area contributed by atoms with Gasteiger partial charge in [-0.25, -0.2) is 0 Å². The standard InChI is InChI=1S/C20H23N3O2/c1-13-4-6-14(7-5-13)16-11-23(20(25)17-3-2-10-21-17)12-18(16)22-19(24)15-8-9-15/h2-7,10,15-16,18,21H,8-9,11-12H2,1H3,(H,22,24)/t16-,18+/m0/s1. The summed E-state index contributed by atoms with van der Waals surface area (Å²) in [6, 6.07) is 12.0. The Balaban J connectivity index is 1.55. The Morgan fingerprint density at radius 2 is 1.88 bits per heavy atom. The second-order valence-corrected chi connectivity index (χ2v) is 7.20. The monoisotopic (exact) mass is 337 g/mol. The van der Waals surface area contributed by atoms with Gasteiger partial charge in [0.1, 0.15) is 5.69 Å². The number of nitrogens with one attached hydrogen (secondary N) is 2. The van der Waals surface area contributed by atoms with Gasteiger partial charge in [-0.15, -0.1) is 0 Å². The van der Waals surface area contributed by atoms with E-state index in [1.54, 1.807) is 12.3 Å². The summed E-state index contributed by atoms with van der Waals surface area (Å²) in [4.78, 5) is 29.8. The van der Waals surface area contributed by atoms with Gasteiger partial charge in [-0.2, -0.15) is 0 Å². The van der Waals surface area contributed by atoms with Gasteiger partial charge < -0.3 is 15.2 Å². The van der Waals surface area contributed by atoms with E-state index in [4.69, 9.17) is 0 Å². The third kappa shape index (κ3) is 3.31. The molecule has 1 aliphatic heterocycles. The molecule has 2 aliphatic rings. The highest BCUT2D eigenvalue weighted by Gasteiger charge is 2.40. The molecule has 2 fully saturated rings. The number of carbonyl (C=O) groups excluding carboxylic acids is 2. The van der Waals surface area contributed by atoms with Crippen molar-refractivity contribution in [2.75, 3.05) is 13.1 Å². The van der Waals surface area contributed by atoms with Crippen LogP contribution in [0.25, 0.3) is 0 Å². The number of H-pyrrole nitrogens is 1. The predicted octanol–water partition coefficient (Wildman–Crippen LogP) is 2.46. The lowest BCUT2D eigenvalue weighted by atomic mass is 9.93. The summed E-state index contributed by atoms with van der Waals surface area (Å²) in [6.07, 6.45) is 3.73. The van der Waals surface area contributed by atoms with Crippen molar-refractivity contribution < 1.29 is 9.59 Å². The maximum atomic E-state index is 12.7. The van der Waals surface area contributed by atoms with E-state index in [1.807, 2.05) is 11.0 Å². The molecule has 1 aliphatic carbocycles. The van der Waals surface area contributed by atoms with Crippen LogP contribution in [0.2, 0.25) is 0 Å². The molecular formula is C20H23N3O2. The van der Waals surface area contributed by atoms with E-state index in [0.717, 1.165) is 12.8 Å². The minimum absolute atomic E-state index is 0.00900. The molecule has 5 heteroatoms. The Labute approximate surface area is 147 Å². The average molecular weight is 337 g/mol. The molecule has 130 valence electrons. The number of carbonyl (C=O) groups is 2. The van der Waals surface area contributed by atoms with Crippen molar-refractivity contribution in [2.24, 2.45) is 5.92 Å². The van der Waals surface area contributed by atoms with E-state index < -0.39 is 0 Å². The summed E-state index contributed by atoms with van der Waals surface area (Å²) in [5.41, 5.74) is 2.98. The maximum absolute atomic E-state index is 12.7. The van der Waals surface area contributed by atoms with Gasteiger partial charge in [0.2, 0.25) is 5.91 Å². The van der Waals surface area contributed by atoms with Crippen LogP contribution < -0.4 is 5.32 Å². The number of aromatic amines is 1. The number of aromatic nitrogens is 1. The molecule has 2 atom stereocenters. The lowest BCUT2D eigenvalue weighted by Crippen LogP contribution is -2.41. The highest BCUT2D eigenvalue weighted by Crippen LogP contribution is 2.32. The molecule has 2 N–H and O–H groups in total. The third-order valence-corrected chi connectivity index (χ3v) is 5.22. The van der Waals surface area contributed by atoms with Gasteiger partial charge in [0.05, 0.1) is 6.04 Å². The van der Waals surface area contributed by atoms with Gasteiger partial charge in [0.25, 0.3) is 5.91 Å². The minimum atomic E-state index is -0.0327. The third-order valence-electron chi connectivity index (χ3n) is 5.22. The molecule has 2 aromatic rings. The molecule has 25 heavy (non-hydrogen) atoms. The zero-order chi connectivity index (χ0) is 17.4. The normalized spacial score (nSPS) is 22.8. The second kappa shape index (κ2) is 6.39. The predicted molar refractivity (Wildman–Crippen MR) is 95.3 cm³/mol. The van der Waals surface area contributed by atoms with E-state index in [9.17, 15) is 9.59 Å². The Hall–Kier alpha value is -2.56. The van der Waals surface area contributed by atoms with Gasteiger partial charge in [0, 0.05) is 31.1 Å². The maximum Gasteiger partial charge on any atom is 0.270 e. The summed E-state index contributed by atoms with van der Waals surface area (Å²) in [7, 11) is 0. The van der Waals surface area contributed by atoms with Crippen molar-refractivity contribution in [3.05, 3.63) is 59.4 Å². The van der Waals surface area contributed by atoms with Crippen molar-refractivity contribution in [2.45, 2.75) is 31.7 Å². The van der Waals surface area contributed by atoms with E-state index in [1.165, 1.54) is 11.1 Å². The fourth-order valence-electron chi connectivity index (χ4n) is 3.55. The first-order valence-corrected chi connectivity index (χ1v) is 8.91.